The molecule has 0 aromatic heterocycles. The van der Waals surface area contributed by atoms with Crippen LogP contribution >= 0.6 is 11.6 Å². The van der Waals surface area contributed by atoms with E-state index in [-0.39, 0.29) is 36.5 Å². The molecule has 1 amide bonds. The van der Waals surface area contributed by atoms with Gasteiger partial charge in [0.2, 0.25) is 5.91 Å². The molecule has 222 valence electrons. The maximum absolute atomic E-state index is 13.6. The number of benzene rings is 3. The molecule has 1 aliphatic heterocycles. The fourth-order valence-corrected chi connectivity index (χ4v) is 4.96. The van der Waals surface area contributed by atoms with Crippen molar-refractivity contribution in [2.24, 2.45) is 10.5 Å². The molecule has 0 saturated carbocycles. The number of nitrogens with one attached hydrogen (secondary N) is 1. The molecule has 1 heterocycles. The van der Waals surface area contributed by atoms with Crippen LogP contribution in [-0.4, -0.2) is 42.3 Å². The van der Waals surface area contributed by atoms with Crippen LogP contribution in [0.25, 0.3) is 0 Å². The summed E-state index contributed by atoms with van der Waals surface area (Å²) in [6.07, 6.45) is -9.21. The third-order valence-corrected chi connectivity index (χ3v) is 6.84. The van der Waals surface area contributed by atoms with E-state index in [9.17, 15) is 35.9 Å². The molecule has 0 bridgehead atoms. The summed E-state index contributed by atoms with van der Waals surface area (Å²) in [7, 11) is 0. The second-order valence-electron chi connectivity index (χ2n) is 9.55. The first-order valence-electron chi connectivity index (χ1n) is 12.6. The summed E-state index contributed by atoms with van der Waals surface area (Å²) in [5.74, 6) is -1.35. The zero-order chi connectivity index (χ0) is 30.7. The van der Waals surface area contributed by atoms with Crippen molar-refractivity contribution < 1.29 is 40.7 Å². The Morgan fingerprint density at radius 3 is 2.21 bits per heavy atom. The molecular weight excluding hydrogens is 588 g/mol. The van der Waals surface area contributed by atoms with Crippen molar-refractivity contribution in [2.45, 2.75) is 25.7 Å². The third-order valence-electron chi connectivity index (χ3n) is 6.53. The second-order valence-corrected chi connectivity index (χ2v) is 9.96. The zero-order valence-electron chi connectivity index (χ0n) is 22.0. The van der Waals surface area contributed by atoms with Gasteiger partial charge >= 0.3 is 18.3 Å². The lowest BCUT2D eigenvalue weighted by Gasteiger charge is -2.29. The number of nitrogens with zero attached hydrogens (tertiary/aromatic N) is 2. The lowest BCUT2D eigenvalue weighted by Crippen LogP contribution is -2.46. The minimum Gasteiger partial charge on any atom is -0.465 e. The van der Waals surface area contributed by atoms with Crippen LogP contribution in [-0.2, 0) is 33.1 Å². The fourth-order valence-electron chi connectivity index (χ4n) is 4.67. The Hall–Kier alpha value is -4.06. The molecule has 0 fully saturated rings. The molecule has 3 aromatic carbocycles. The number of amides is 1. The Labute approximate surface area is 241 Å². The van der Waals surface area contributed by atoms with E-state index < -0.39 is 52.3 Å². The number of carbonyl (C=O) groups is 2. The summed E-state index contributed by atoms with van der Waals surface area (Å²) in [5.41, 5.74) is -2.49. The van der Waals surface area contributed by atoms with Gasteiger partial charge in [-0.1, -0.05) is 48.0 Å². The van der Waals surface area contributed by atoms with Gasteiger partial charge in [-0.2, -0.15) is 31.4 Å². The van der Waals surface area contributed by atoms with E-state index in [4.69, 9.17) is 16.3 Å². The summed E-state index contributed by atoms with van der Waals surface area (Å²) in [6.45, 7) is 1.01. The minimum absolute atomic E-state index is 0.00479. The maximum Gasteiger partial charge on any atom is 0.417 e. The number of carbonyl (C=O) groups excluding carboxylic acids is 2. The van der Waals surface area contributed by atoms with Crippen LogP contribution < -0.4 is 5.32 Å². The van der Waals surface area contributed by atoms with Crippen molar-refractivity contribution in [3.8, 4) is 0 Å². The average molecular weight is 612 g/mol. The number of rotatable bonds is 8. The van der Waals surface area contributed by atoms with Crippen molar-refractivity contribution in [2.75, 3.05) is 25.0 Å². The van der Waals surface area contributed by atoms with Crippen LogP contribution in [0.1, 0.15) is 29.2 Å². The fraction of sp³-hybridized carbons (Fsp3) is 0.276. The molecule has 3 aromatic rings. The number of alkyl halides is 6. The van der Waals surface area contributed by atoms with Crippen molar-refractivity contribution in [1.29, 1.82) is 0 Å². The molecule has 1 aliphatic rings. The zero-order valence-corrected chi connectivity index (χ0v) is 22.8. The van der Waals surface area contributed by atoms with Gasteiger partial charge in [0.1, 0.15) is 12.0 Å². The molecule has 1 N–H and O–H groups in total. The monoisotopic (exact) mass is 611 g/mol. The van der Waals surface area contributed by atoms with Gasteiger partial charge in [0.05, 0.1) is 35.0 Å². The molecule has 42 heavy (non-hydrogen) atoms. The second kappa shape index (κ2) is 12.0. The largest absolute Gasteiger partial charge is 0.465 e. The molecule has 1 unspecified atom stereocenters. The van der Waals surface area contributed by atoms with Gasteiger partial charge in [-0.3, -0.25) is 14.6 Å². The van der Waals surface area contributed by atoms with Gasteiger partial charge in [0.25, 0.3) is 0 Å². The van der Waals surface area contributed by atoms with E-state index >= 15 is 0 Å². The Bertz CT molecular complexity index is 1480. The first-order valence-corrected chi connectivity index (χ1v) is 13.0. The molecule has 0 saturated heterocycles. The van der Waals surface area contributed by atoms with E-state index in [1.54, 1.807) is 37.3 Å². The highest BCUT2D eigenvalue weighted by Crippen LogP contribution is 2.40. The topological polar surface area (TPSA) is 71.0 Å². The van der Waals surface area contributed by atoms with Gasteiger partial charge in [-0.15, -0.1) is 0 Å². The van der Waals surface area contributed by atoms with Crippen LogP contribution in [0.2, 0.25) is 5.02 Å². The van der Waals surface area contributed by atoms with Crippen molar-refractivity contribution in [3.05, 3.63) is 100 Å². The van der Waals surface area contributed by atoms with E-state index in [1.165, 1.54) is 5.01 Å². The van der Waals surface area contributed by atoms with Crippen LogP contribution in [0.15, 0.2) is 77.9 Å². The Morgan fingerprint density at radius 2 is 1.64 bits per heavy atom. The number of anilines is 1. The number of hydrogen-bond donors (Lipinski definition) is 1. The number of halogens is 7. The van der Waals surface area contributed by atoms with Crippen molar-refractivity contribution in [3.63, 3.8) is 0 Å². The SMILES string of the molecule is CCOC(=O)C1(Cc2ccccc2)CN(CC(=O)Nc2ccc(C(F)(F)F)cc2)N=C1c1ccc(C(F)(F)F)c(Cl)c1. The van der Waals surface area contributed by atoms with E-state index in [1.807, 2.05) is 0 Å². The predicted molar refractivity (Wildman–Crippen MR) is 144 cm³/mol. The lowest BCUT2D eigenvalue weighted by molar-refractivity contribution is -0.151. The number of esters is 1. The molecular formula is C29H24ClF6N3O3. The van der Waals surface area contributed by atoms with Gasteiger partial charge in [0.15, 0.2) is 0 Å². The van der Waals surface area contributed by atoms with E-state index in [2.05, 4.69) is 10.4 Å². The number of ether oxygens (including phenoxy) is 1. The normalized spacial score (nSPS) is 17.1. The summed E-state index contributed by atoms with van der Waals surface area (Å²) in [6, 6.07) is 15.7. The predicted octanol–water partition coefficient (Wildman–Crippen LogP) is 6.83. The van der Waals surface area contributed by atoms with Gasteiger partial charge in [-0.05, 0) is 55.3 Å². The summed E-state index contributed by atoms with van der Waals surface area (Å²) in [5, 5.41) is 7.62. The van der Waals surface area contributed by atoms with Crippen LogP contribution in [0.5, 0.6) is 0 Å². The molecule has 13 heteroatoms. The van der Waals surface area contributed by atoms with E-state index in [0.29, 0.717) is 5.56 Å². The molecule has 0 radical (unpaired) electrons. The van der Waals surface area contributed by atoms with Crippen molar-refractivity contribution in [1.82, 2.24) is 5.01 Å². The number of hydrazone groups is 1. The smallest absolute Gasteiger partial charge is 0.417 e. The quantitative estimate of drug-likeness (QED) is 0.224. The summed E-state index contributed by atoms with van der Waals surface area (Å²) in [4.78, 5) is 26.4. The summed E-state index contributed by atoms with van der Waals surface area (Å²) < 4.78 is 84.2. The van der Waals surface area contributed by atoms with Gasteiger partial charge in [0, 0.05) is 11.3 Å². The lowest BCUT2D eigenvalue weighted by atomic mass is 9.75. The molecule has 4 rings (SSSR count). The molecule has 0 aliphatic carbocycles. The van der Waals surface area contributed by atoms with Crippen molar-refractivity contribution >= 4 is 34.9 Å². The Kier molecular flexibility index (Phi) is 8.86. The first-order chi connectivity index (χ1) is 19.7. The molecule has 6 nitrogen and oxygen atoms in total. The Morgan fingerprint density at radius 1 is 0.976 bits per heavy atom. The van der Waals surface area contributed by atoms with Crippen LogP contribution in [0.3, 0.4) is 0 Å². The highest BCUT2D eigenvalue weighted by atomic mass is 35.5. The standard InChI is InChI=1S/C29H24ClF6N3O3/c1-2-42-26(41)27(15-18-6-4-3-5-7-18)17-39(16-24(40)37-21-11-9-20(10-12-21)28(31,32)33)38-25(27)19-8-13-22(23(30)14-19)29(34,35)36/h3-14H,2,15-17H2,1H3,(H,37,40). The van der Waals surface area contributed by atoms with Crippen LogP contribution in [0, 0.1) is 5.41 Å². The van der Waals surface area contributed by atoms with Gasteiger partial charge in [-0.25, -0.2) is 0 Å². The Balaban J connectivity index is 1.69. The highest BCUT2D eigenvalue weighted by molar-refractivity contribution is 6.32. The first kappa shape index (κ1) is 30.9. The van der Waals surface area contributed by atoms with Crippen LogP contribution in [0.4, 0.5) is 32.0 Å². The molecule has 0 spiro atoms. The highest BCUT2D eigenvalue weighted by Gasteiger charge is 2.51. The average Bonchev–Trinajstić information content (AvgIpc) is 3.27. The molecule has 1 atom stereocenters. The summed E-state index contributed by atoms with van der Waals surface area (Å²) >= 11 is 6.00. The maximum atomic E-state index is 13.6. The van der Waals surface area contributed by atoms with Gasteiger partial charge < -0.3 is 10.1 Å². The third kappa shape index (κ3) is 6.87. The number of hydrogen-bond acceptors (Lipinski definition) is 5. The minimum atomic E-state index is -4.71. The van der Waals surface area contributed by atoms with E-state index in [0.717, 1.165) is 42.5 Å².